The Bertz CT molecular complexity index is 1140. The number of ether oxygens (including phenoxy) is 2. The van der Waals surface area contributed by atoms with Crippen molar-refractivity contribution < 1.29 is 28.7 Å². The molecule has 0 aliphatic carbocycles. The van der Waals surface area contributed by atoms with Crippen LogP contribution in [0.2, 0.25) is 0 Å². The third-order valence-electron chi connectivity index (χ3n) is 5.30. The molecule has 0 bridgehead atoms. The molecule has 4 rings (SSSR count). The molecule has 1 fully saturated rings. The van der Waals surface area contributed by atoms with Gasteiger partial charge in [-0.1, -0.05) is 23.8 Å². The fraction of sp³-hybridized carbons (Fsp3) is 0.250. The van der Waals surface area contributed by atoms with Crippen molar-refractivity contribution in [2.45, 2.75) is 26.3 Å². The average Bonchev–Trinajstić information content (AvgIpc) is 3.11. The summed E-state index contributed by atoms with van der Waals surface area (Å²) in [6.45, 7) is 4.30. The minimum atomic E-state index is -1.19. The molecular formula is C24H23N3O6. The molecule has 9 nitrogen and oxygen atoms in total. The molecule has 2 aliphatic rings. The summed E-state index contributed by atoms with van der Waals surface area (Å²) >= 11 is 0. The Morgan fingerprint density at radius 1 is 1.06 bits per heavy atom. The van der Waals surface area contributed by atoms with Crippen molar-refractivity contribution in [2.24, 2.45) is 0 Å². The summed E-state index contributed by atoms with van der Waals surface area (Å²) in [5, 5.41) is 0.917. The highest BCUT2D eigenvalue weighted by Crippen LogP contribution is 2.36. The van der Waals surface area contributed by atoms with Crippen LogP contribution in [0.25, 0.3) is 0 Å². The standard InChI is InChI=1S/C24H23N3O6/c1-3-4-21(28)27(25-23(30)16-7-5-15(2)6-8-16)18-14-22(29)26(24(18)31)17-9-10-19-20(13-17)33-12-11-32-19/h3-10,13,18H,11-12,14H2,1-2H3,(H,25,30). The van der Waals surface area contributed by atoms with Crippen molar-refractivity contribution in [3.8, 4) is 11.5 Å². The molecular weight excluding hydrogens is 426 g/mol. The van der Waals surface area contributed by atoms with E-state index < -0.39 is 29.7 Å². The van der Waals surface area contributed by atoms with Gasteiger partial charge in [-0.05, 0) is 38.1 Å². The molecule has 0 aromatic heterocycles. The predicted octanol–water partition coefficient (Wildman–Crippen LogP) is 2.15. The Morgan fingerprint density at radius 2 is 1.76 bits per heavy atom. The molecule has 33 heavy (non-hydrogen) atoms. The first-order valence-corrected chi connectivity index (χ1v) is 10.5. The lowest BCUT2D eigenvalue weighted by Crippen LogP contribution is -2.54. The number of fused-ring (bicyclic) bond motifs is 1. The molecule has 1 unspecified atom stereocenters. The first kappa shape index (κ1) is 22.1. The molecule has 2 aromatic rings. The number of hydrogen-bond acceptors (Lipinski definition) is 6. The number of hydrogen-bond donors (Lipinski definition) is 1. The number of imide groups is 1. The van der Waals surface area contributed by atoms with Crippen LogP contribution in [0.1, 0.15) is 29.3 Å². The van der Waals surface area contributed by atoms with Gasteiger partial charge >= 0.3 is 0 Å². The number of nitrogens with zero attached hydrogens (tertiary/aromatic N) is 2. The van der Waals surface area contributed by atoms with Crippen molar-refractivity contribution in [3.63, 3.8) is 0 Å². The number of anilines is 1. The summed E-state index contributed by atoms with van der Waals surface area (Å²) in [5.41, 5.74) is 4.10. The highest BCUT2D eigenvalue weighted by molar-refractivity contribution is 6.23. The number of amides is 4. The van der Waals surface area contributed by atoms with Crippen molar-refractivity contribution in [3.05, 3.63) is 65.7 Å². The van der Waals surface area contributed by atoms with Gasteiger partial charge in [0.05, 0.1) is 12.1 Å². The number of carbonyl (C=O) groups excluding carboxylic acids is 4. The summed E-state index contributed by atoms with van der Waals surface area (Å²) in [7, 11) is 0. The first-order chi connectivity index (χ1) is 15.9. The van der Waals surface area contributed by atoms with Crippen LogP contribution < -0.4 is 19.8 Å². The van der Waals surface area contributed by atoms with Gasteiger partial charge in [-0.15, -0.1) is 0 Å². The number of carbonyl (C=O) groups is 4. The third kappa shape index (κ3) is 4.43. The van der Waals surface area contributed by atoms with Crippen LogP contribution in [0.5, 0.6) is 11.5 Å². The van der Waals surface area contributed by atoms with Crippen LogP contribution in [0.4, 0.5) is 5.69 Å². The maximum atomic E-state index is 13.3. The van der Waals surface area contributed by atoms with Crippen molar-refractivity contribution in [1.29, 1.82) is 0 Å². The van der Waals surface area contributed by atoms with Crippen LogP contribution in [-0.2, 0) is 14.4 Å². The quantitative estimate of drug-likeness (QED) is 0.436. The molecule has 1 saturated heterocycles. The van der Waals surface area contributed by atoms with Crippen molar-refractivity contribution in [1.82, 2.24) is 10.4 Å². The molecule has 2 heterocycles. The largest absolute Gasteiger partial charge is 0.486 e. The summed E-state index contributed by atoms with van der Waals surface area (Å²) in [4.78, 5) is 52.6. The van der Waals surface area contributed by atoms with Gasteiger partial charge in [0.2, 0.25) is 5.91 Å². The molecule has 9 heteroatoms. The molecule has 4 amide bonds. The van der Waals surface area contributed by atoms with Gasteiger partial charge in [0.15, 0.2) is 11.5 Å². The minimum Gasteiger partial charge on any atom is -0.486 e. The monoisotopic (exact) mass is 449 g/mol. The number of nitrogens with one attached hydrogen (secondary N) is 1. The van der Waals surface area contributed by atoms with Gasteiger partial charge in [-0.25, -0.2) is 9.91 Å². The maximum absolute atomic E-state index is 13.3. The van der Waals surface area contributed by atoms with Crippen LogP contribution in [-0.4, -0.2) is 47.9 Å². The zero-order chi connectivity index (χ0) is 23.5. The minimum absolute atomic E-state index is 0.273. The second-order valence-electron chi connectivity index (χ2n) is 7.63. The molecule has 0 radical (unpaired) electrons. The summed E-state index contributed by atoms with van der Waals surface area (Å²) in [6, 6.07) is 10.3. The van der Waals surface area contributed by atoms with E-state index in [1.165, 1.54) is 12.2 Å². The van der Waals surface area contributed by atoms with Crippen LogP contribution in [0.3, 0.4) is 0 Å². The van der Waals surface area contributed by atoms with E-state index in [1.807, 2.05) is 6.92 Å². The van der Waals surface area contributed by atoms with E-state index in [4.69, 9.17) is 9.47 Å². The first-order valence-electron chi connectivity index (χ1n) is 10.5. The summed E-state index contributed by atoms with van der Waals surface area (Å²) in [5.74, 6) is -1.35. The Kier molecular flexibility index (Phi) is 6.12. The zero-order valence-corrected chi connectivity index (χ0v) is 18.2. The normalized spacial score (nSPS) is 17.4. The summed E-state index contributed by atoms with van der Waals surface area (Å²) < 4.78 is 11.0. The number of benzene rings is 2. The van der Waals surface area contributed by atoms with E-state index in [2.05, 4.69) is 5.43 Å². The number of aryl methyl sites for hydroxylation is 1. The second-order valence-corrected chi connectivity index (χ2v) is 7.63. The Hall–Kier alpha value is -4.14. The van der Waals surface area contributed by atoms with Crippen LogP contribution in [0, 0.1) is 6.92 Å². The Morgan fingerprint density at radius 3 is 2.45 bits per heavy atom. The van der Waals surface area contributed by atoms with Gasteiger partial charge in [-0.3, -0.25) is 24.6 Å². The molecule has 1 atom stereocenters. The smallest absolute Gasteiger partial charge is 0.269 e. The van der Waals surface area contributed by atoms with Gasteiger partial charge in [-0.2, -0.15) is 0 Å². The maximum Gasteiger partial charge on any atom is 0.269 e. The van der Waals surface area contributed by atoms with Gasteiger partial charge in [0.1, 0.15) is 19.3 Å². The lowest BCUT2D eigenvalue weighted by Gasteiger charge is -2.27. The van der Waals surface area contributed by atoms with E-state index in [9.17, 15) is 19.2 Å². The molecule has 170 valence electrons. The van der Waals surface area contributed by atoms with E-state index in [-0.39, 0.29) is 6.42 Å². The third-order valence-corrected chi connectivity index (χ3v) is 5.30. The van der Waals surface area contributed by atoms with Crippen LogP contribution in [0.15, 0.2) is 54.6 Å². The molecule has 0 spiro atoms. The molecule has 1 N–H and O–H groups in total. The fourth-order valence-corrected chi connectivity index (χ4v) is 3.65. The van der Waals surface area contributed by atoms with E-state index in [1.54, 1.807) is 49.4 Å². The SMILES string of the molecule is CC=CC(=O)N(NC(=O)c1ccc(C)cc1)C1CC(=O)N(c2ccc3c(c2)OCCO3)C1=O. The topological polar surface area (TPSA) is 105 Å². The number of rotatable bonds is 4. The number of hydrazine groups is 1. The Labute approximate surface area is 190 Å². The lowest BCUT2D eigenvalue weighted by molar-refractivity contribution is -0.137. The van der Waals surface area contributed by atoms with Gasteiger partial charge < -0.3 is 9.47 Å². The molecule has 2 aromatic carbocycles. The average molecular weight is 449 g/mol. The van der Waals surface area contributed by atoms with E-state index in [0.717, 1.165) is 15.5 Å². The fourth-order valence-electron chi connectivity index (χ4n) is 3.65. The lowest BCUT2D eigenvalue weighted by atomic mass is 10.1. The van der Waals surface area contributed by atoms with Crippen LogP contribution >= 0.6 is 0 Å². The highest BCUT2D eigenvalue weighted by Gasteiger charge is 2.45. The Balaban J connectivity index is 1.60. The molecule has 0 saturated carbocycles. The second kappa shape index (κ2) is 9.15. The number of allylic oxidation sites excluding steroid dienone is 1. The van der Waals surface area contributed by atoms with Gasteiger partial charge in [0.25, 0.3) is 17.7 Å². The van der Waals surface area contributed by atoms with E-state index >= 15 is 0 Å². The predicted molar refractivity (Wildman–Crippen MR) is 119 cm³/mol. The van der Waals surface area contributed by atoms with Gasteiger partial charge in [0, 0.05) is 17.7 Å². The van der Waals surface area contributed by atoms with E-state index in [0.29, 0.717) is 36.0 Å². The van der Waals surface area contributed by atoms with Crippen molar-refractivity contribution in [2.75, 3.05) is 18.1 Å². The highest BCUT2D eigenvalue weighted by atomic mass is 16.6. The van der Waals surface area contributed by atoms with Crippen molar-refractivity contribution >= 4 is 29.3 Å². The zero-order valence-electron chi connectivity index (χ0n) is 18.2. The summed E-state index contributed by atoms with van der Waals surface area (Å²) in [6.07, 6.45) is 2.44. The molecule has 2 aliphatic heterocycles.